The number of hydrogen-bond donors (Lipinski definition) is 3. The number of aliphatic hydroxyl groups is 1. The van der Waals surface area contributed by atoms with E-state index in [9.17, 15) is 9.90 Å². The minimum absolute atomic E-state index is 0.0544. The molecule has 1 atom stereocenters. The molecule has 0 spiro atoms. The number of benzene rings is 3. The summed E-state index contributed by atoms with van der Waals surface area (Å²) >= 11 is 0. The predicted molar refractivity (Wildman–Crippen MR) is 128 cm³/mol. The molecule has 1 saturated heterocycles. The first-order valence-corrected chi connectivity index (χ1v) is 10.6. The van der Waals surface area contributed by atoms with Crippen LogP contribution < -0.4 is 26.5 Å². The van der Waals surface area contributed by atoms with Gasteiger partial charge in [-0.05, 0) is 29.3 Å². The van der Waals surface area contributed by atoms with Crippen LogP contribution in [0.25, 0.3) is 33.1 Å². The van der Waals surface area contributed by atoms with Crippen molar-refractivity contribution in [3.63, 3.8) is 0 Å². The van der Waals surface area contributed by atoms with Gasteiger partial charge in [0.1, 0.15) is 17.0 Å². The molecule has 0 amide bonds. The Kier molecular flexibility index (Phi) is 4.00. The SMILES string of the molecule is C=C(O)c1cn2c3c(c(N4CCC(N)C4)c(F)c(N)c3c1=O)Oc1cc3ccccc3cc1-2. The van der Waals surface area contributed by atoms with Gasteiger partial charge in [0.25, 0.3) is 0 Å². The number of fused-ring (bicyclic) bond motifs is 3. The van der Waals surface area contributed by atoms with Gasteiger partial charge in [-0.2, -0.15) is 0 Å². The van der Waals surface area contributed by atoms with Crippen molar-refractivity contribution in [2.75, 3.05) is 23.7 Å². The van der Waals surface area contributed by atoms with Gasteiger partial charge in [0.15, 0.2) is 17.3 Å². The maximum absolute atomic E-state index is 15.7. The maximum Gasteiger partial charge on any atom is 0.202 e. The van der Waals surface area contributed by atoms with E-state index in [1.807, 2.05) is 41.3 Å². The normalized spacial score (nSPS) is 16.8. The van der Waals surface area contributed by atoms with Gasteiger partial charge in [-0.15, -0.1) is 0 Å². The molecule has 0 bridgehead atoms. The Morgan fingerprint density at radius 3 is 2.64 bits per heavy atom. The van der Waals surface area contributed by atoms with Crippen molar-refractivity contribution in [3.05, 3.63) is 70.8 Å². The molecule has 166 valence electrons. The van der Waals surface area contributed by atoms with Crippen molar-refractivity contribution in [1.82, 2.24) is 4.57 Å². The van der Waals surface area contributed by atoms with E-state index in [0.717, 1.165) is 10.8 Å². The van der Waals surface area contributed by atoms with Gasteiger partial charge in [0.2, 0.25) is 5.43 Å². The number of aliphatic hydroxyl groups excluding tert-OH is 1. The van der Waals surface area contributed by atoms with Crippen LogP contribution in [0.2, 0.25) is 0 Å². The Balaban J connectivity index is 1.79. The number of nitrogens with zero attached hydrogens (tertiary/aromatic N) is 2. The maximum atomic E-state index is 15.7. The molecule has 2 aliphatic heterocycles. The van der Waals surface area contributed by atoms with Crippen molar-refractivity contribution < 1.29 is 14.2 Å². The van der Waals surface area contributed by atoms with E-state index in [2.05, 4.69) is 6.58 Å². The van der Waals surface area contributed by atoms with E-state index in [-0.39, 0.29) is 34.1 Å². The molecular weight excluding hydrogens is 423 g/mol. The number of pyridine rings is 1. The molecule has 0 aliphatic carbocycles. The Morgan fingerprint density at radius 1 is 1.24 bits per heavy atom. The average molecular weight is 444 g/mol. The van der Waals surface area contributed by atoms with Crippen molar-refractivity contribution in [3.8, 4) is 17.2 Å². The summed E-state index contributed by atoms with van der Waals surface area (Å²) in [5.74, 6) is -0.453. The van der Waals surface area contributed by atoms with Crippen LogP contribution in [0.1, 0.15) is 12.0 Å². The fourth-order valence-corrected chi connectivity index (χ4v) is 4.89. The monoisotopic (exact) mass is 444 g/mol. The molecular formula is C25H21FN4O3. The third-order valence-electron chi connectivity index (χ3n) is 6.50. The topological polar surface area (TPSA) is 107 Å². The highest BCUT2D eigenvalue weighted by Crippen LogP contribution is 2.50. The molecule has 1 aromatic heterocycles. The summed E-state index contributed by atoms with van der Waals surface area (Å²) in [6, 6.07) is 11.5. The van der Waals surface area contributed by atoms with E-state index in [1.165, 1.54) is 6.20 Å². The zero-order chi connectivity index (χ0) is 23.0. The zero-order valence-electron chi connectivity index (χ0n) is 17.6. The molecule has 3 heterocycles. The Labute approximate surface area is 187 Å². The molecule has 4 aromatic rings. The molecule has 0 saturated carbocycles. The van der Waals surface area contributed by atoms with E-state index < -0.39 is 17.0 Å². The van der Waals surface area contributed by atoms with Gasteiger partial charge in [-0.1, -0.05) is 30.8 Å². The van der Waals surface area contributed by atoms with Crippen molar-refractivity contribution in [2.45, 2.75) is 12.5 Å². The van der Waals surface area contributed by atoms with Crippen LogP contribution in [0.15, 0.2) is 54.0 Å². The molecule has 7 nitrogen and oxygen atoms in total. The van der Waals surface area contributed by atoms with Crippen molar-refractivity contribution in [2.24, 2.45) is 5.73 Å². The smallest absolute Gasteiger partial charge is 0.202 e. The van der Waals surface area contributed by atoms with Gasteiger partial charge in [-0.25, -0.2) is 4.39 Å². The molecule has 1 unspecified atom stereocenters. The van der Waals surface area contributed by atoms with Crippen molar-refractivity contribution >= 4 is 38.8 Å². The first-order chi connectivity index (χ1) is 15.8. The Bertz CT molecular complexity index is 1580. The number of nitrogens with two attached hydrogens (primary N) is 2. The number of halogens is 1. The number of anilines is 2. The zero-order valence-corrected chi connectivity index (χ0v) is 17.6. The summed E-state index contributed by atoms with van der Waals surface area (Å²) in [4.78, 5) is 15.0. The lowest BCUT2D eigenvalue weighted by molar-refractivity contribution is 0.469. The van der Waals surface area contributed by atoms with E-state index in [1.54, 1.807) is 4.57 Å². The third-order valence-corrected chi connectivity index (χ3v) is 6.50. The molecule has 5 N–H and O–H groups in total. The summed E-state index contributed by atoms with van der Waals surface area (Å²) in [5.41, 5.74) is 12.5. The summed E-state index contributed by atoms with van der Waals surface area (Å²) < 4.78 is 23.8. The minimum Gasteiger partial charge on any atom is -0.508 e. The Hall–Kier alpha value is -4.04. The Morgan fingerprint density at radius 2 is 1.97 bits per heavy atom. The largest absolute Gasteiger partial charge is 0.508 e. The summed E-state index contributed by atoms with van der Waals surface area (Å²) in [5, 5.41) is 12.0. The third kappa shape index (κ3) is 2.67. The molecule has 2 aliphatic rings. The molecule has 33 heavy (non-hydrogen) atoms. The number of rotatable bonds is 2. The fourth-order valence-electron chi connectivity index (χ4n) is 4.89. The van der Waals surface area contributed by atoms with Gasteiger partial charge in [0.05, 0.1) is 22.3 Å². The first kappa shape index (κ1) is 19.6. The molecule has 3 aromatic carbocycles. The molecule has 1 fully saturated rings. The minimum atomic E-state index is -0.736. The second-order valence-corrected chi connectivity index (χ2v) is 8.58. The summed E-state index contributed by atoms with van der Waals surface area (Å²) in [6.45, 7) is 4.49. The van der Waals surface area contributed by atoms with E-state index in [0.29, 0.717) is 36.5 Å². The average Bonchev–Trinajstić information content (AvgIpc) is 3.22. The second kappa shape index (κ2) is 6.73. The van der Waals surface area contributed by atoms with Crippen LogP contribution in [0, 0.1) is 5.82 Å². The lowest BCUT2D eigenvalue weighted by atomic mass is 10.0. The van der Waals surface area contributed by atoms with Crippen LogP contribution in [0.3, 0.4) is 0 Å². The quantitative estimate of drug-likeness (QED) is 0.280. The van der Waals surface area contributed by atoms with Crippen LogP contribution in [-0.4, -0.2) is 28.8 Å². The lowest BCUT2D eigenvalue weighted by Gasteiger charge is -2.30. The van der Waals surface area contributed by atoms with Gasteiger partial charge in [-0.3, -0.25) is 4.79 Å². The fraction of sp³-hybridized carbons (Fsp3) is 0.160. The van der Waals surface area contributed by atoms with Crippen molar-refractivity contribution in [1.29, 1.82) is 0 Å². The highest BCUT2D eigenvalue weighted by Gasteiger charge is 2.34. The van der Waals surface area contributed by atoms with Gasteiger partial charge >= 0.3 is 0 Å². The number of aromatic nitrogens is 1. The van der Waals surface area contributed by atoms with Crippen LogP contribution in [0.5, 0.6) is 11.5 Å². The number of hydrogen-bond acceptors (Lipinski definition) is 6. The molecule has 8 heteroatoms. The van der Waals surface area contributed by atoms with Gasteiger partial charge < -0.3 is 30.8 Å². The second-order valence-electron chi connectivity index (χ2n) is 8.58. The highest BCUT2D eigenvalue weighted by atomic mass is 19.1. The summed E-state index contributed by atoms with van der Waals surface area (Å²) in [7, 11) is 0. The standard InChI is InChI=1S/C25H21FN4O3/c1-12(31)16-11-30-17-8-13-4-2-3-5-14(13)9-18(17)33-25-22(30)19(24(16)32)21(28)20(26)23(25)29-7-6-15(27)10-29/h2-5,8-9,11,15,31H,1,6-7,10,27-28H2. The van der Waals surface area contributed by atoms with E-state index in [4.69, 9.17) is 16.2 Å². The number of ether oxygens (including phenoxy) is 1. The van der Waals surface area contributed by atoms with Gasteiger partial charge in [0, 0.05) is 25.3 Å². The van der Waals surface area contributed by atoms with Crippen LogP contribution in [0.4, 0.5) is 15.8 Å². The highest BCUT2D eigenvalue weighted by molar-refractivity contribution is 6.04. The van der Waals surface area contributed by atoms with Crippen LogP contribution in [-0.2, 0) is 0 Å². The lowest BCUT2D eigenvalue weighted by Crippen LogP contribution is -2.28. The molecule has 0 radical (unpaired) electrons. The van der Waals surface area contributed by atoms with E-state index >= 15 is 4.39 Å². The predicted octanol–water partition coefficient (Wildman–Crippen LogP) is 4.04. The van der Waals surface area contributed by atoms with Crippen LogP contribution >= 0.6 is 0 Å². The first-order valence-electron chi connectivity index (χ1n) is 10.6. The summed E-state index contributed by atoms with van der Waals surface area (Å²) in [6.07, 6.45) is 2.21. The number of nitrogen functional groups attached to an aromatic ring is 1. The molecule has 6 rings (SSSR count).